The summed E-state index contributed by atoms with van der Waals surface area (Å²) in [6, 6.07) is 0. The van der Waals surface area contributed by atoms with Gasteiger partial charge in [-0.2, -0.15) is 9.97 Å². The van der Waals surface area contributed by atoms with Gasteiger partial charge < -0.3 is 35.3 Å². The molecule has 0 bridgehead atoms. The molecule has 5 heterocycles. The summed E-state index contributed by atoms with van der Waals surface area (Å²) >= 11 is 0. The average Bonchev–Trinajstić information content (AvgIpc) is 3.60. The van der Waals surface area contributed by atoms with E-state index in [4.69, 9.17) is 39.5 Å². The van der Waals surface area contributed by atoms with Crippen LogP contribution < -0.4 is 22.7 Å². The van der Waals surface area contributed by atoms with Crippen molar-refractivity contribution < 1.29 is 37.5 Å². The Balaban J connectivity index is 1.25. The number of nitrogens with one attached hydrogen (secondary N) is 1. The lowest BCUT2D eigenvalue weighted by Gasteiger charge is -2.23. The van der Waals surface area contributed by atoms with Crippen LogP contribution in [-0.4, -0.2) is 90.8 Å². The van der Waals surface area contributed by atoms with Crippen LogP contribution in [0.2, 0.25) is 0 Å². The van der Waals surface area contributed by atoms with Gasteiger partial charge in [-0.05, 0) is 0 Å². The Labute approximate surface area is 225 Å². The van der Waals surface area contributed by atoms with Crippen LogP contribution in [0.1, 0.15) is 25.3 Å². The Morgan fingerprint density at radius 1 is 1.05 bits per heavy atom. The summed E-state index contributed by atoms with van der Waals surface area (Å²) in [7, 11) is -1.79. The Morgan fingerprint density at radius 3 is 2.42 bits per heavy atom. The number of H-pyrrole nitrogens is 1. The van der Waals surface area contributed by atoms with E-state index in [0.717, 1.165) is 4.57 Å². The van der Waals surface area contributed by atoms with Gasteiger partial charge in [0, 0.05) is 27.1 Å². The summed E-state index contributed by atoms with van der Waals surface area (Å²) in [4.78, 5) is 52.7. The number of imidazole rings is 1. The fraction of sp³-hybridized carbons (Fsp3) is 0.600. The summed E-state index contributed by atoms with van der Waals surface area (Å²) in [6.07, 6.45) is -1.83. The van der Waals surface area contributed by atoms with Gasteiger partial charge >= 0.3 is 13.5 Å². The van der Waals surface area contributed by atoms with Crippen molar-refractivity contribution in [1.82, 2.24) is 34.1 Å². The molecular weight excluding hydrogens is 557 g/mol. The molecule has 40 heavy (non-hydrogen) atoms. The van der Waals surface area contributed by atoms with Crippen molar-refractivity contribution in [2.45, 2.75) is 49.7 Å². The molecule has 218 valence electrons. The zero-order chi connectivity index (χ0) is 28.6. The molecule has 0 radical (unpaired) electrons. The number of methoxy groups -OCH3 is 2. The van der Waals surface area contributed by atoms with Crippen molar-refractivity contribution in [2.24, 2.45) is 0 Å². The minimum absolute atomic E-state index is 0.0293. The first-order chi connectivity index (χ1) is 19.1. The van der Waals surface area contributed by atoms with Crippen LogP contribution in [0.4, 0.5) is 11.9 Å². The van der Waals surface area contributed by atoms with Crippen LogP contribution in [0.25, 0.3) is 11.2 Å². The molecule has 0 aliphatic carbocycles. The van der Waals surface area contributed by atoms with Crippen molar-refractivity contribution in [2.75, 3.05) is 38.9 Å². The van der Waals surface area contributed by atoms with E-state index in [1.165, 1.54) is 31.4 Å². The Bertz CT molecular complexity index is 1530. The molecule has 7 atom stereocenters. The molecule has 2 fully saturated rings. The predicted octanol–water partition coefficient (Wildman–Crippen LogP) is -1.33. The number of aromatic amines is 1. The molecule has 0 amide bonds. The number of aromatic nitrogens is 7. The molecule has 20 heteroatoms. The number of nitrogens with two attached hydrogens (primary N) is 2. The van der Waals surface area contributed by atoms with Gasteiger partial charge in [-0.3, -0.25) is 28.0 Å². The first-order valence-electron chi connectivity index (χ1n) is 12.0. The second-order valence-corrected chi connectivity index (χ2v) is 10.5. The third-order valence-corrected chi connectivity index (χ3v) is 7.49. The van der Waals surface area contributed by atoms with Crippen LogP contribution >= 0.6 is 7.82 Å². The summed E-state index contributed by atoms with van der Waals surface area (Å²) in [5, 5.41) is 0. The maximum atomic E-state index is 12.9. The number of hydrogen-bond acceptors (Lipinski definition) is 15. The van der Waals surface area contributed by atoms with Crippen LogP contribution in [0.3, 0.4) is 0 Å². The predicted molar refractivity (Wildman–Crippen MR) is 134 cm³/mol. The fourth-order valence-corrected chi connectivity index (χ4v) is 5.60. The lowest BCUT2D eigenvalue weighted by atomic mass is 10.2. The standard InChI is InChI=1S/C20H28N9O10P/c1-34-5-11-10(4-13(37-11)28-7-23-15-16(28)25-19(22)26-17(15)30)39-40(32,33)36-6-12-9(35-2)3-14(38-12)29-8-24-18(21)27-20(29)31/h7-14H,3-6H2,1-2H3,(H,32,33)(H2,21,27,31)(H3,22,25,26,30)/t9-,10?,11-,12-,13-,14-/m1/s1. The molecular formula is C20H28N9O10P. The smallest absolute Gasteiger partial charge is 0.382 e. The second-order valence-electron chi connectivity index (χ2n) is 9.05. The first-order valence-corrected chi connectivity index (χ1v) is 13.5. The summed E-state index contributed by atoms with van der Waals surface area (Å²) < 4.78 is 48.7. The first kappa shape index (κ1) is 28.2. The van der Waals surface area contributed by atoms with Crippen LogP contribution in [0.5, 0.6) is 0 Å². The monoisotopic (exact) mass is 585 g/mol. The quantitative estimate of drug-likeness (QED) is 0.201. The highest BCUT2D eigenvalue weighted by Gasteiger charge is 2.44. The fourth-order valence-electron chi connectivity index (χ4n) is 4.64. The second kappa shape index (κ2) is 11.3. The number of ether oxygens (including phenoxy) is 4. The highest BCUT2D eigenvalue weighted by Crippen LogP contribution is 2.49. The van der Waals surface area contributed by atoms with Gasteiger partial charge in [0.1, 0.15) is 37.1 Å². The van der Waals surface area contributed by atoms with E-state index >= 15 is 0 Å². The molecule has 2 saturated heterocycles. The van der Waals surface area contributed by atoms with Gasteiger partial charge in [0.05, 0.1) is 25.6 Å². The number of rotatable bonds is 10. The summed E-state index contributed by atoms with van der Waals surface area (Å²) in [5.41, 5.74) is 10.1. The SMILES string of the molecule is COC[C@H]1O[C@@H](n2cnc3c(=O)[nH]c(N)nc32)CC1OP(=O)(O)OC[C@H]1O[C@@H](n2cnc(N)nc2=O)C[C@H]1OC. The lowest BCUT2D eigenvalue weighted by Crippen LogP contribution is -2.30. The zero-order valence-corrected chi connectivity index (χ0v) is 22.2. The molecule has 19 nitrogen and oxygen atoms in total. The van der Waals surface area contributed by atoms with E-state index in [1.807, 2.05) is 0 Å². The highest BCUT2D eigenvalue weighted by molar-refractivity contribution is 7.47. The molecule has 0 spiro atoms. The number of fused-ring (bicyclic) bond motifs is 1. The van der Waals surface area contributed by atoms with E-state index in [0.29, 0.717) is 0 Å². The molecule has 2 aliphatic rings. The summed E-state index contributed by atoms with van der Waals surface area (Å²) in [5.74, 6) is -0.285. The van der Waals surface area contributed by atoms with Gasteiger partial charge in [0.25, 0.3) is 5.56 Å². The average molecular weight is 585 g/mol. The zero-order valence-electron chi connectivity index (χ0n) is 21.4. The number of anilines is 2. The van der Waals surface area contributed by atoms with Gasteiger partial charge in [-0.1, -0.05) is 0 Å². The largest absolute Gasteiger partial charge is 0.472 e. The van der Waals surface area contributed by atoms with Gasteiger partial charge in [0.2, 0.25) is 11.9 Å². The van der Waals surface area contributed by atoms with Crippen molar-refractivity contribution in [3.05, 3.63) is 33.5 Å². The Hall–Kier alpha value is -3.29. The molecule has 0 aromatic carbocycles. The molecule has 3 aromatic heterocycles. The van der Waals surface area contributed by atoms with E-state index < -0.39 is 62.6 Å². The minimum atomic E-state index is -4.66. The van der Waals surface area contributed by atoms with Gasteiger partial charge in [-0.25, -0.2) is 19.3 Å². The van der Waals surface area contributed by atoms with E-state index in [1.54, 1.807) is 0 Å². The number of phosphoric acid groups is 1. The summed E-state index contributed by atoms with van der Waals surface area (Å²) in [6.45, 7) is -0.362. The van der Waals surface area contributed by atoms with Crippen molar-refractivity contribution in [3.63, 3.8) is 0 Å². The third-order valence-electron chi connectivity index (χ3n) is 6.48. The Morgan fingerprint density at radius 2 is 1.73 bits per heavy atom. The highest BCUT2D eigenvalue weighted by atomic mass is 31.2. The maximum Gasteiger partial charge on any atom is 0.472 e. The Kier molecular flexibility index (Phi) is 7.98. The third kappa shape index (κ3) is 5.77. The van der Waals surface area contributed by atoms with Crippen LogP contribution in [0, 0.1) is 0 Å². The topological polar surface area (TPSA) is 256 Å². The number of phosphoric ester groups is 1. The normalized spacial score (nSPS) is 28.3. The molecule has 2 aliphatic heterocycles. The number of nitrogens with zero attached hydrogens (tertiary/aromatic N) is 6. The van der Waals surface area contributed by atoms with Crippen LogP contribution in [0.15, 0.2) is 22.2 Å². The van der Waals surface area contributed by atoms with Gasteiger partial charge in [0.15, 0.2) is 11.2 Å². The van der Waals surface area contributed by atoms with Crippen molar-refractivity contribution >= 4 is 30.9 Å². The molecule has 6 N–H and O–H groups in total. The maximum absolute atomic E-state index is 12.9. The molecule has 3 aromatic rings. The van der Waals surface area contributed by atoms with Crippen molar-refractivity contribution in [1.29, 1.82) is 0 Å². The van der Waals surface area contributed by atoms with Gasteiger partial charge in [-0.15, -0.1) is 0 Å². The molecule has 0 saturated carbocycles. The number of hydrogen-bond donors (Lipinski definition) is 4. The van der Waals surface area contributed by atoms with E-state index in [9.17, 15) is 19.0 Å². The number of nitrogen functional groups attached to an aromatic ring is 2. The van der Waals surface area contributed by atoms with E-state index in [2.05, 4.69) is 24.9 Å². The molecule has 5 rings (SSSR count). The van der Waals surface area contributed by atoms with E-state index in [-0.39, 0.29) is 42.5 Å². The van der Waals surface area contributed by atoms with Crippen molar-refractivity contribution in [3.8, 4) is 0 Å². The molecule has 2 unspecified atom stereocenters. The lowest BCUT2D eigenvalue weighted by molar-refractivity contribution is -0.0642. The minimum Gasteiger partial charge on any atom is -0.382 e. The van der Waals surface area contributed by atoms with Crippen LogP contribution in [-0.2, 0) is 32.6 Å².